The predicted octanol–water partition coefficient (Wildman–Crippen LogP) is 3.04. The third-order valence-electron chi connectivity index (χ3n) is 3.74. The number of hydrogen-bond donors (Lipinski definition) is 1. The van der Waals surface area contributed by atoms with Crippen molar-refractivity contribution in [3.63, 3.8) is 0 Å². The lowest BCUT2D eigenvalue weighted by Gasteiger charge is -2.12. The first-order valence-electron chi connectivity index (χ1n) is 6.83. The molecule has 100 valence electrons. The van der Waals surface area contributed by atoms with E-state index in [-0.39, 0.29) is 5.82 Å². The lowest BCUT2D eigenvalue weighted by Crippen LogP contribution is -2.25. The Morgan fingerprint density at radius 3 is 2.84 bits per heavy atom. The second kappa shape index (κ2) is 5.53. The number of rotatable bonds is 4. The van der Waals surface area contributed by atoms with Crippen LogP contribution in [0.4, 0.5) is 4.39 Å². The fourth-order valence-electron chi connectivity index (χ4n) is 2.66. The predicted molar refractivity (Wildman–Crippen MR) is 72.6 cm³/mol. The molecule has 2 aromatic rings. The number of nitrogens with zero attached hydrogens (tertiary/aromatic N) is 2. The molecule has 3 rings (SSSR count). The highest BCUT2D eigenvalue weighted by molar-refractivity contribution is 5.36. The van der Waals surface area contributed by atoms with E-state index in [0.717, 1.165) is 12.1 Å². The first-order valence-corrected chi connectivity index (χ1v) is 6.83. The van der Waals surface area contributed by atoms with Crippen LogP contribution in [0.15, 0.2) is 36.9 Å². The highest BCUT2D eigenvalue weighted by atomic mass is 19.1. The Labute approximate surface area is 112 Å². The molecule has 0 saturated heterocycles. The van der Waals surface area contributed by atoms with Gasteiger partial charge in [0.15, 0.2) is 0 Å². The van der Waals surface area contributed by atoms with Gasteiger partial charge in [-0.1, -0.05) is 18.9 Å². The number of hydrogen-bond acceptors (Lipinski definition) is 2. The summed E-state index contributed by atoms with van der Waals surface area (Å²) in [6.07, 6.45) is 10.1. The van der Waals surface area contributed by atoms with E-state index in [4.69, 9.17) is 0 Å². The Hall–Kier alpha value is -1.68. The van der Waals surface area contributed by atoms with Gasteiger partial charge in [0.1, 0.15) is 5.82 Å². The van der Waals surface area contributed by atoms with Gasteiger partial charge in [0.2, 0.25) is 0 Å². The Bertz CT molecular complexity index is 530. The van der Waals surface area contributed by atoms with Crippen LogP contribution in [-0.2, 0) is 6.54 Å². The minimum Gasteiger partial charge on any atom is -0.310 e. The minimum atomic E-state index is -0.205. The average Bonchev–Trinajstić information content (AvgIpc) is 3.10. The standard InChI is InChI=1S/C15H18FN3/c16-14-9-12(10-18-13-3-1-2-4-13)5-6-15(14)19-8-7-17-11-19/h5-9,11,13,18H,1-4,10H2. The van der Waals surface area contributed by atoms with Gasteiger partial charge in [-0.05, 0) is 30.5 Å². The van der Waals surface area contributed by atoms with Gasteiger partial charge in [0.05, 0.1) is 12.0 Å². The van der Waals surface area contributed by atoms with Gasteiger partial charge in [-0.15, -0.1) is 0 Å². The van der Waals surface area contributed by atoms with Crippen molar-refractivity contribution in [3.05, 3.63) is 48.3 Å². The number of nitrogens with one attached hydrogen (secondary N) is 1. The van der Waals surface area contributed by atoms with E-state index in [9.17, 15) is 4.39 Å². The Morgan fingerprint density at radius 1 is 1.32 bits per heavy atom. The van der Waals surface area contributed by atoms with E-state index in [0.29, 0.717) is 11.7 Å². The lowest BCUT2D eigenvalue weighted by molar-refractivity contribution is 0.522. The molecule has 1 aromatic carbocycles. The number of imidazole rings is 1. The second-order valence-corrected chi connectivity index (χ2v) is 5.12. The molecule has 1 saturated carbocycles. The van der Waals surface area contributed by atoms with Crippen LogP contribution in [0.1, 0.15) is 31.2 Å². The summed E-state index contributed by atoms with van der Waals surface area (Å²) in [6.45, 7) is 0.742. The second-order valence-electron chi connectivity index (χ2n) is 5.12. The molecule has 0 aliphatic heterocycles. The molecule has 0 radical (unpaired) electrons. The van der Waals surface area contributed by atoms with Crippen LogP contribution in [-0.4, -0.2) is 15.6 Å². The van der Waals surface area contributed by atoms with Gasteiger partial charge < -0.3 is 9.88 Å². The molecule has 1 N–H and O–H groups in total. The SMILES string of the molecule is Fc1cc(CNC2CCCC2)ccc1-n1ccnc1. The van der Waals surface area contributed by atoms with E-state index in [2.05, 4.69) is 10.3 Å². The van der Waals surface area contributed by atoms with Crippen molar-refractivity contribution in [1.82, 2.24) is 14.9 Å². The van der Waals surface area contributed by atoms with Gasteiger partial charge >= 0.3 is 0 Å². The summed E-state index contributed by atoms with van der Waals surface area (Å²) in [5, 5.41) is 3.49. The molecule has 19 heavy (non-hydrogen) atoms. The molecular formula is C15H18FN3. The molecular weight excluding hydrogens is 241 g/mol. The largest absolute Gasteiger partial charge is 0.310 e. The summed E-state index contributed by atoms with van der Waals surface area (Å²) >= 11 is 0. The van der Waals surface area contributed by atoms with Crippen molar-refractivity contribution >= 4 is 0 Å². The summed E-state index contributed by atoms with van der Waals surface area (Å²) in [5.74, 6) is -0.205. The molecule has 1 aromatic heterocycles. The first kappa shape index (κ1) is 12.4. The number of benzene rings is 1. The van der Waals surface area contributed by atoms with Crippen LogP contribution >= 0.6 is 0 Å². The summed E-state index contributed by atoms with van der Waals surface area (Å²) < 4.78 is 15.7. The van der Waals surface area contributed by atoms with Crippen molar-refractivity contribution in [3.8, 4) is 5.69 Å². The van der Waals surface area contributed by atoms with Crippen molar-refractivity contribution in [1.29, 1.82) is 0 Å². The van der Waals surface area contributed by atoms with Crippen molar-refractivity contribution in [2.45, 2.75) is 38.3 Å². The Balaban J connectivity index is 1.68. The quantitative estimate of drug-likeness (QED) is 0.914. The Kier molecular flexibility index (Phi) is 3.60. The van der Waals surface area contributed by atoms with Gasteiger partial charge in [-0.25, -0.2) is 9.37 Å². The van der Waals surface area contributed by atoms with Crippen LogP contribution < -0.4 is 5.32 Å². The lowest BCUT2D eigenvalue weighted by atomic mass is 10.1. The fraction of sp³-hybridized carbons (Fsp3) is 0.400. The van der Waals surface area contributed by atoms with Gasteiger partial charge in [0, 0.05) is 25.0 Å². The molecule has 1 heterocycles. The molecule has 0 unspecified atom stereocenters. The third-order valence-corrected chi connectivity index (χ3v) is 3.74. The molecule has 0 amide bonds. The summed E-state index contributed by atoms with van der Waals surface area (Å²) in [6, 6.07) is 6.00. The van der Waals surface area contributed by atoms with Crippen LogP contribution in [0.2, 0.25) is 0 Å². The third kappa shape index (κ3) is 2.84. The zero-order valence-electron chi connectivity index (χ0n) is 10.8. The monoisotopic (exact) mass is 259 g/mol. The van der Waals surface area contributed by atoms with Gasteiger partial charge in [-0.2, -0.15) is 0 Å². The first-order chi connectivity index (χ1) is 9.33. The van der Waals surface area contributed by atoms with Crippen molar-refractivity contribution < 1.29 is 4.39 Å². The van der Waals surface area contributed by atoms with Crippen LogP contribution in [0.3, 0.4) is 0 Å². The molecule has 1 fully saturated rings. The van der Waals surface area contributed by atoms with E-state index in [1.54, 1.807) is 29.4 Å². The highest BCUT2D eigenvalue weighted by Gasteiger charge is 2.14. The van der Waals surface area contributed by atoms with E-state index in [1.807, 2.05) is 12.1 Å². The molecule has 0 bridgehead atoms. The van der Waals surface area contributed by atoms with E-state index >= 15 is 0 Å². The van der Waals surface area contributed by atoms with Gasteiger partial charge in [-0.3, -0.25) is 0 Å². The summed E-state index contributed by atoms with van der Waals surface area (Å²) in [4.78, 5) is 3.93. The molecule has 3 nitrogen and oxygen atoms in total. The topological polar surface area (TPSA) is 29.9 Å². The maximum Gasteiger partial charge on any atom is 0.147 e. The van der Waals surface area contributed by atoms with Gasteiger partial charge in [0.25, 0.3) is 0 Å². The molecule has 0 atom stereocenters. The van der Waals surface area contributed by atoms with E-state index < -0.39 is 0 Å². The van der Waals surface area contributed by atoms with Crippen LogP contribution in [0, 0.1) is 5.82 Å². The normalized spacial score (nSPS) is 16.1. The zero-order chi connectivity index (χ0) is 13.1. The number of aromatic nitrogens is 2. The molecule has 0 spiro atoms. The maximum atomic E-state index is 14.0. The van der Waals surface area contributed by atoms with E-state index in [1.165, 1.54) is 25.7 Å². The zero-order valence-corrected chi connectivity index (χ0v) is 10.8. The average molecular weight is 259 g/mol. The summed E-state index contributed by atoms with van der Waals surface area (Å²) in [5.41, 5.74) is 1.54. The maximum absolute atomic E-state index is 14.0. The smallest absolute Gasteiger partial charge is 0.147 e. The minimum absolute atomic E-state index is 0.205. The molecule has 4 heteroatoms. The van der Waals surface area contributed by atoms with Crippen molar-refractivity contribution in [2.75, 3.05) is 0 Å². The summed E-state index contributed by atoms with van der Waals surface area (Å²) in [7, 11) is 0. The molecule has 1 aliphatic rings. The van der Waals surface area contributed by atoms with Crippen LogP contribution in [0.25, 0.3) is 5.69 Å². The van der Waals surface area contributed by atoms with Crippen molar-refractivity contribution in [2.24, 2.45) is 0 Å². The number of halogens is 1. The molecule has 1 aliphatic carbocycles. The highest BCUT2D eigenvalue weighted by Crippen LogP contribution is 2.19. The van der Waals surface area contributed by atoms with Crippen LogP contribution in [0.5, 0.6) is 0 Å². The fourth-order valence-corrected chi connectivity index (χ4v) is 2.66. The Morgan fingerprint density at radius 2 is 2.16 bits per heavy atom.